The molecule has 2 aromatic rings. The zero-order chi connectivity index (χ0) is 25.0. The number of hydrogen-bond donors (Lipinski definition) is 1. The summed E-state index contributed by atoms with van der Waals surface area (Å²) in [5.41, 5.74) is -0.0710. The van der Waals surface area contributed by atoms with Crippen molar-refractivity contribution in [2.45, 2.75) is 50.2 Å². The van der Waals surface area contributed by atoms with Gasteiger partial charge in [0.25, 0.3) is 5.91 Å². The first-order valence-corrected chi connectivity index (χ1v) is 12.4. The first-order chi connectivity index (χ1) is 16.6. The third kappa shape index (κ3) is 4.65. The molecule has 4 aliphatic carbocycles. The number of carbonyl (C=O) groups is 2. The summed E-state index contributed by atoms with van der Waals surface area (Å²) in [7, 11) is 0. The number of hydrogen-bond acceptors (Lipinski definition) is 3. The normalized spacial score (nSPS) is 29.7. The van der Waals surface area contributed by atoms with Crippen molar-refractivity contribution < 1.29 is 27.5 Å². The van der Waals surface area contributed by atoms with E-state index in [0.717, 1.165) is 49.8 Å². The number of halogens is 5. The minimum Gasteiger partial charge on any atom is -0.484 e. The highest BCUT2D eigenvalue weighted by molar-refractivity contribution is 6.31. The molecule has 0 radical (unpaired) electrons. The molecule has 2 aromatic carbocycles. The van der Waals surface area contributed by atoms with E-state index in [-0.39, 0.29) is 34.8 Å². The number of alkyl halides is 3. The summed E-state index contributed by atoms with van der Waals surface area (Å²) >= 11 is 11.6. The quantitative estimate of drug-likeness (QED) is 0.472. The van der Waals surface area contributed by atoms with Crippen molar-refractivity contribution in [2.24, 2.45) is 17.3 Å². The number of amides is 1. The van der Waals surface area contributed by atoms with Crippen molar-refractivity contribution in [1.29, 1.82) is 0 Å². The molecule has 186 valence electrons. The second kappa shape index (κ2) is 9.00. The van der Waals surface area contributed by atoms with E-state index in [0.29, 0.717) is 10.9 Å². The first kappa shape index (κ1) is 24.4. The summed E-state index contributed by atoms with van der Waals surface area (Å²) in [6.45, 7) is -0.393. The highest BCUT2D eigenvalue weighted by Crippen LogP contribution is 2.65. The first-order valence-electron chi connectivity index (χ1n) is 11.6. The predicted octanol–water partition coefficient (Wildman–Crippen LogP) is 6.44. The van der Waals surface area contributed by atoms with Gasteiger partial charge in [-0.05, 0) is 79.3 Å². The number of fused-ring (bicyclic) bond motifs is 1. The Hall–Kier alpha value is -2.25. The van der Waals surface area contributed by atoms with Crippen molar-refractivity contribution in [3.63, 3.8) is 0 Å². The molecule has 4 fully saturated rings. The highest BCUT2D eigenvalue weighted by Gasteiger charge is 2.62. The minimum absolute atomic E-state index is 0.00700. The van der Waals surface area contributed by atoms with Crippen molar-refractivity contribution >= 4 is 34.9 Å². The van der Waals surface area contributed by atoms with Gasteiger partial charge in [-0.25, -0.2) is 0 Å². The van der Waals surface area contributed by atoms with Crippen LogP contribution in [0.15, 0.2) is 42.5 Å². The van der Waals surface area contributed by atoms with Crippen LogP contribution in [-0.2, 0) is 15.8 Å². The molecule has 2 bridgehead atoms. The van der Waals surface area contributed by atoms with Gasteiger partial charge in [-0.1, -0.05) is 35.3 Å². The fraction of sp³-hybridized carbons (Fsp3) is 0.462. The third-order valence-electron chi connectivity index (χ3n) is 7.93. The van der Waals surface area contributed by atoms with Crippen LogP contribution in [0.25, 0.3) is 0 Å². The van der Waals surface area contributed by atoms with Crippen LogP contribution in [0, 0.1) is 17.3 Å². The van der Waals surface area contributed by atoms with Crippen molar-refractivity contribution in [3.05, 3.63) is 63.6 Å². The van der Waals surface area contributed by atoms with E-state index in [1.165, 1.54) is 6.07 Å². The summed E-state index contributed by atoms with van der Waals surface area (Å²) in [6, 6.07) is 10.6. The molecule has 0 heterocycles. The average Bonchev–Trinajstić information content (AvgIpc) is 3.43. The standard InChI is InChI=1S/C26H24Cl2F3NO3/c27-16-3-1-14(2-4-16)18-6-7-19(24(18)34)25-10-15(11-25)22(12-25)32-23(33)13-35-17-5-8-21(28)20(9-17)26(29,30)31/h1-5,8-9,15,18-19,22H,6-7,10-13H2,(H,32,33)/t15?,18?,19?,22-,25?/m1/s1. The number of rotatable bonds is 6. The van der Waals surface area contributed by atoms with Gasteiger partial charge in [-0.2, -0.15) is 13.2 Å². The second-order valence-corrected chi connectivity index (χ2v) is 10.8. The number of Topliss-reactive ketones (excluding diaryl/α,β-unsaturated/α-hetero) is 1. The molecule has 9 heteroatoms. The minimum atomic E-state index is -4.61. The van der Waals surface area contributed by atoms with Gasteiger partial charge in [0.15, 0.2) is 6.61 Å². The van der Waals surface area contributed by atoms with Crippen LogP contribution in [0.2, 0.25) is 10.0 Å². The molecular formula is C26H24Cl2F3NO3. The van der Waals surface area contributed by atoms with Crippen LogP contribution in [0.5, 0.6) is 5.75 Å². The zero-order valence-electron chi connectivity index (χ0n) is 18.7. The van der Waals surface area contributed by atoms with Crippen LogP contribution >= 0.6 is 23.2 Å². The molecule has 3 atom stereocenters. The summed E-state index contributed by atoms with van der Waals surface area (Å²) in [4.78, 5) is 25.8. The third-order valence-corrected chi connectivity index (χ3v) is 8.52. The molecule has 0 aliphatic heterocycles. The molecule has 1 amide bonds. The largest absolute Gasteiger partial charge is 0.484 e. The highest BCUT2D eigenvalue weighted by atomic mass is 35.5. The Morgan fingerprint density at radius 2 is 1.77 bits per heavy atom. The average molecular weight is 526 g/mol. The van der Waals surface area contributed by atoms with Crippen LogP contribution in [0.3, 0.4) is 0 Å². The maximum atomic E-state index is 13.3. The Morgan fingerprint density at radius 1 is 1.06 bits per heavy atom. The predicted molar refractivity (Wildman–Crippen MR) is 126 cm³/mol. The van der Waals surface area contributed by atoms with Crippen molar-refractivity contribution in [2.75, 3.05) is 6.61 Å². The summed E-state index contributed by atoms with van der Waals surface area (Å²) in [5.74, 6) is 0.0194. The van der Waals surface area contributed by atoms with Gasteiger partial charge in [-0.15, -0.1) is 0 Å². The maximum absolute atomic E-state index is 13.3. The molecule has 4 aliphatic rings. The Balaban J connectivity index is 1.16. The number of carbonyl (C=O) groups excluding carboxylic acids is 2. The lowest BCUT2D eigenvalue weighted by Crippen LogP contribution is -2.41. The monoisotopic (exact) mass is 525 g/mol. The van der Waals surface area contributed by atoms with E-state index >= 15 is 0 Å². The van der Waals surface area contributed by atoms with E-state index in [1.807, 2.05) is 24.3 Å². The van der Waals surface area contributed by atoms with Gasteiger partial charge in [0.2, 0.25) is 0 Å². The zero-order valence-corrected chi connectivity index (χ0v) is 20.2. The molecule has 1 N–H and O–H groups in total. The number of benzene rings is 2. The van der Waals surface area contributed by atoms with Gasteiger partial charge in [0.1, 0.15) is 11.5 Å². The molecule has 4 nitrogen and oxygen atoms in total. The molecule has 4 saturated carbocycles. The lowest BCUT2D eigenvalue weighted by Gasteiger charge is -2.42. The topological polar surface area (TPSA) is 55.4 Å². The smallest absolute Gasteiger partial charge is 0.417 e. The number of ketones is 1. The lowest BCUT2D eigenvalue weighted by atomic mass is 9.61. The van der Waals surface area contributed by atoms with Gasteiger partial charge < -0.3 is 10.1 Å². The fourth-order valence-electron chi connectivity index (χ4n) is 6.34. The van der Waals surface area contributed by atoms with E-state index < -0.39 is 29.3 Å². The summed E-state index contributed by atoms with van der Waals surface area (Å²) < 4.78 is 44.4. The van der Waals surface area contributed by atoms with Crippen molar-refractivity contribution in [1.82, 2.24) is 5.32 Å². The van der Waals surface area contributed by atoms with Crippen LogP contribution in [0.1, 0.15) is 49.1 Å². The van der Waals surface area contributed by atoms with Gasteiger partial charge in [-0.3, -0.25) is 9.59 Å². The Morgan fingerprint density at radius 3 is 2.46 bits per heavy atom. The number of nitrogens with one attached hydrogen (secondary N) is 1. The van der Waals surface area contributed by atoms with Gasteiger partial charge >= 0.3 is 6.18 Å². The van der Waals surface area contributed by atoms with Gasteiger partial charge in [0, 0.05) is 22.9 Å². The van der Waals surface area contributed by atoms with E-state index in [4.69, 9.17) is 27.9 Å². The molecule has 0 aromatic heterocycles. The summed E-state index contributed by atoms with van der Waals surface area (Å²) in [5, 5.41) is 3.19. The molecular weight excluding hydrogens is 502 g/mol. The molecule has 6 rings (SSSR count). The van der Waals surface area contributed by atoms with Crippen molar-refractivity contribution in [3.8, 4) is 5.75 Å². The molecule has 0 saturated heterocycles. The van der Waals surface area contributed by atoms with E-state index in [2.05, 4.69) is 5.32 Å². The lowest BCUT2D eigenvalue weighted by molar-refractivity contribution is -0.137. The van der Waals surface area contributed by atoms with Crippen LogP contribution < -0.4 is 10.1 Å². The fourth-order valence-corrected chi connectivity index (χ4v) is 6.69. The number of ether oxygens (including phenoxy) is 1. The van der Waals surface area contributed by atoms with Crippen LogP contribution in [0.4, 0.5) is 13.2 Å². The van der Waals surface area contributed by atoms with Crippen LogP contribution in [-0.4, -0.2) is 24.3 Å². The summed E-state index contributed by atoms with van der Waals surface area (Å²) in [6.07, 6.45) is -0.373. The van der Waals surface area contributed by atoms with E-state index in [9.17, 15) is 22.8 Å². The molecule has 2 unspecified atom stereocenters. The van der Waals surface area contributed by atoms with Gasteiger partial charge in [0.05, 0.1) is 10.6 Å². The Kier molecular flexibility index (Phi) is 6.29. The Bertz CT molecular complexity index is 1150. The molecule has 0 spiro atoms. The maximum Gasteiger partial charge on any atom is 0.417 e. The molecule has 35 heavy (non-hydrogen) atoms. The SMILES string of the molecule is O=C(COc1ccc(Cl)c(C(F)(F)F)c1)N[C@@H]1CC2(C3CCC(c4ccc(Cl)cc4)C3=O)CC1C2. The Labute approximate surface area is 211 Å². The second-order valence-electron chi connectivity index (χ2n) is 9.97. The van der Waals surface area contributed by atoms with E-state index in [1.54, 1.807) is 0 Å².